The molecule has 0 aliphatic carbocycles. The first-order chi connectivity index (χ1) is 15.3. The van der Waals surface area contributed by atoms with Gasteiger partial charge in [-0.25, -0.2) is 19.2 Å². The van der Waals surface area contributed by atoms with Crippen molar-refractivity contribution in [1.29, 1.82) is 0 Å². The molecule has 0 radical (unpaired) electrons. The van der Waals surface area contributed by atoms with Crippen molar-refractivity contribution in [3.05, 3.63) is 50.9 Å². The Balaban J connectivity index is 1.70. The molecule has 1 aliphatic rings. The van der Waals surface area contributed by atoms with E-state index in [0.717, 1.165) is 29.2 Å². The van der Waals surface area contributed by atoms with Crippen molar-refractivity contribution in [2.45, 2.75) is 24.0 Å². The molecule has 1 atom stereocenters. The molecular weight excluding hydrogens is 437 g/mol. The molecule has 1 aromatic carbocycles. The molecule has 11 heteroatoms. The first kappa shape index (κ1) is 22.2. The third kappa shape index (κ3) is 4.44. The van der Waals surface area contributed by atoms with E-state index in [-0.39, 0.29) is 39.6 Å². The van der Waals surface area contributed by atoms with Gasteiger partial charge >= 0.3 is 5.69 Å². The third-order valence-corrected chi connectivity index (χ3v) is 6.24. The van der Waals surface area contributed by atoms with Crippen LogP contribution < -0.4 is 16.6 Å². The lowest BCUT2D eigenvalue weighted by atomic mass is 10.2. The fraction of sp³-hybridized carbons (Fsp3) is 0.381. The smallest absolute Gasteiger partial charge is 0.332 e. The van der Waals surface area contributed by atoms with Crippen molar-refractivity contribution in [3.63, 3.8) is 0 Å². The highest BCUT2D eigenvalue weighted by Gasteiger charge is 2.20. The molecule has 1 aliphatic heterocycles. The number of amides is 1. The highest BCUT2D eigenvalue weighted by Crippen LogP contribution is 2.26. The lowest BCUT2D eigenvalue weighted by molar-refractivity contribution is -0.119. The number of carbonyl (C=O) groups excluding carboxylic acids is 1. The van der Waals surface area contributed by atoms with Crippen molar-refractivity contribution in [2.24, 2.45) is 14.1 Å². The lowest BCUT2D eigenvalue weighted by Gasteiger charge is -2.13. The normalized spacial score (nSPS) is 15.9. The minimum atomic E-state index is -0.545. The first-order valence-electron chi connectivity index (χ1n) is 10.1. The van der Waals surface area contributed by atoms with Crippen LogP contribution in [-0.4, -0.2) is 50.0 Å². The summed E-state index contributed by atoms with van der Waals surface area (Å²) in [4.78, 5) is 46.5. The number of aryl methyl sites for hydroxylation is 1. The number of benzene rings is 1. The van der Waals surface area contributed by atoms with Gasteiger partial charge in [0, 0.05) is 32.8 Å². The molecule has 32 heavy (non-hydrogen) atoms. The summed E-state index contributed by atoms with van der Waals surface area (Å²) in [5.74, 6) is -0.383. The number of fused-ring (bicyclic) bond motifs is 1. The number of ether oxygens (including phenoxy) is 1. The fourth-order valence-electron chi connectivity index (χ4n) is 3.48. The molecule has 0 saturated carbocycles. The average Bonchev–Trinajstić information content (AvgIpc) is 3.32. The van der Waals surface area contributed by atoms with Crippen LogP contribution in [0.4, 0.5) is 4.39 Å². The summed E-state index contributed by atoms with van der Waals surface area (Å²) in [6.07, 6.45) is 1.92. The third-order valence-electron chi connectivity index (χ3n) is 5.26. The van der Waals surface area contributed by atoms with Gasteiger partial charge in [-0.3, -0.25) is 18.7 Å². The van der Waals surface area contributed by atoms with Crippen LogP contribution in [0.5, 0.6) is 0 Å². The van der Waals surface area contributed by atoms with E-state index >= 15 is 0 Å². The van der Waals surface area contributed by atoms with Gasteiger partial charge in [0.2, 0.25) is 5.91 Å². The number of nitrogens with zero attached hydrogens (tertiary/aromatic N) is 4. The first-order valence-corrected chi connectivity index (χ1v) is 11.1. The van der Waals surface area contributed by atoms with E-state index in [1.165, 1.54) is 42.9 Å². The molecule has 168 valence electrons. The van der Waals surface area contributed by atoms with Gasteiger partial charge < -0.3 is 10.1 Å². The summed E-state index contributed by atoms with van der Waals surface area (Å²) in [6.45, 7) is 1.14. The standard InChI is InChI=1S/C21H22FN5O4S/c1-26-18-16(20(29)27(2)21(26)30)19(25-17(24-18)12-5-7-13(22)8-6-12)32-11-15(28)23-10-14-4-3-9-31-14/h5-8,14H,3-4,9-11H2,1-2H3,(H,23,28)/t14-/m0/s1. The van der Waals surface area contributed by atoms with Crippen molar-refractivity contribution in [3.8, 4) is 11.4 Å². The van der Waals surface area contributed by atoms with Crippen molar-refractivity contribution in [1.82, 2.24) is 24.4 Å². The number of nitrogens with one attached hydrogen (secondary N) is 1. The SMILES string of the molecule is Cn1c(=O)c2c(SCC(=O)NC[C@@H]3CCCO3)nc(-c3ccc(F)cc3)nc2n(C)c1=O. The number of thioether (sulfide) groups is 1. The number of hydrogen-bond acceptors (Lipinski definition) is 7. The van der Waals surface area contributed by atoms with E-state index in [4.69, 9.17) is 4.74 Å². The maximum Gasteiger partial charge on any atom is 0.332 e. The minimum absolute atomic E-state index is 0.0215. The highest BCUT2D eigenvalue weighted by atomic mass is 32.2. The molecule has 4 rings (SSSR count). The van der Waals surface area contributed by atoms with Crippen molar-refractivity contribution in [2.75, 3.05) is 18.9 Å². The van der Waals surface area contributed by atoms with E-state index in [0.29, 0.717) is 18.7 Å². The van der Waals surface area contributed by atoms with Crippen LogP contribution in [0, 0.1) is 5.82 Å². The number of carbonyl (C=O) groups is 1. The zero-order valence-corrected chi connectivity index (χ0v) is 18.4. The number of hydrogen-bond donors (Lipinski definition) is 1. The summed E-state index contributed by atoms with van der Waals surface area (Å²) >= 11 is 1.08. The van der Waals surface area contributed by atoms with Crippen molar-refractivity contribution < 1.29 is 13.9 Å². The zero-order chi connectivity index (χ0) is 22.8. The van der Waals surface area contributed by atoms with Gasteiger partial charge in [0.15, 0.2) is 11.5 Å². The molecule has 0 spiro atoms. The topological polar surface area (TPSA) is 108 Å². The van der Waals surface area contributed by atoms with Gasteiger partial charge in [-0.05, 0) is 37.1 Å². The summed E-state index contributed by atoms with van der Waals surface area (Å²) in [5, 5.41) is 3.26. The number of aromatic nitrogens is 4. The molecule has 1 saturated heterocycles. The van der Waals surface area contributed by atoms with Crippen LogP contribution in [0.1, 0.15) is 12.8 Å². The molecule has 0 bridgehead atoms. The summed E-state index contributed by atoms with van der Waals surface area (Å²) < 4.78 is 21.1. The Morgan fingerprint density at radius 3 is 2.66 bits per heavy atom. The van der Waals surface area contributed by atoms with Crippen LogP contribution >= 0.6 is 11.8 Å². The Morgan fingerprint density at radius 1 is 1.22 bits per heavy atom. The predicted octanol–water partition coefficient (Wildman–Crippen LogP) is 1.22. The quantitative estimate of drug-likeness (QED) is 0.436. The summed E-state index contributed by atoms with van der Waals surface area (Å²) in [7, 11) is 2.88. The maximum absolute atomic E-state index is 13.4. The Labute approximate surface area is 186 Å². The summed E-state index contributed by atoms with van der Waals surface area (Å²) in [5.41, 5.74) is -0.409. The van der Waals surface area contributed by atoms with Gasteiger partial charge in [0.1, 0.15) is 16.2 Å². The second-order valence-corrected chi connectivity index (χ2v) is 8.46. The molecule has 3 heterocycles. The zero-order valence-electron chi connectivity index (χ0n) is 17.6. The van der Waals surface area contributed by atoms with Crippen LogP contribution in [0.2, 0.25) is 0 Å². The van der Waals surface area contributed by atoms with Crippen LogP contribution in [0.3, 0.4) is 0 Å². The van der Waals surface area contributed by atoms with Gasteiger partial charge in [0.25, 0.3) is 5.56 Å². The molecule has 0 unspecified atom stereocenters. The maximum atomic E-state index is 13.4. The Morgan fingerprint density at radius 2 is 1.97 bits per heavy atom. The van der Waals surface area contributed by atoms with Gasteiger partial charge in [-0.2, -0.15) is 0 Å². The Bertz CT molecular complexity index is 1280. The number of rotatable bonds is 6. The van der Waals surface area contributed by atoms with E-state index in [1.54, 1.807) is 0 Å². The van der Waals surface area contributed by atoms with Gasteiger partial charge in [-0.15, -0.1) is 0 Å². The monoisotopic (exact) mass is 459 g/mol. The Hall–Kier alpha value is -3.05. The molecule has 1 N–H and O–H groups in total. The molecule has 3 aromatic rings. The minimum Gasteiger partial charge on any atom is -0.376 e. The molecule has 2 aromatic heterocycles. The second kappa shape index (κ2) is 9.21. The molecule has 1 amide bonds. The van der Waals surface area contributed by atoms with E-state index in [9.17, 15) is 18.8 Å². The van der Waals surface area contributed by atoms with Gasteiger partial charge in [0.05, 0.1) is 11.9 Å². The Kier molecular flexibility index (Phi) is 6.38. The highest BCUT2D eigenvalue weighted by molar-refractivity contribution is 8.00. The molecule has 1 fully saturated rings. The van der Waals surface area contributed by atoms with E-state index < -0.39 is 17.1 Å². The number of halogens is 1. The van der Waals surface area contributed by atoms with Crippen LogP contribution in [-0.2, 0) is 23.6 Å². The van der Waals surface area contributed by atoms with Crippen LogP contribution in [0.25, 0.3) is 22.4 Å². The van der Waals surface area contributed by atoms with Crippen molar-refractivity contribution >= 4 is 28.7 Å². The van der Waals surface area contributed by atoms with Gasteiger partial charge in [-0.1, -0.05) is 11.8 Å². The van der Waals surface area contributed by atoms with E-state index in [2.05, 4.69) is 15.3 Å². The molecular formula is C21H22FN5O4S. The predicted molar refractivity (Wildman–Crippen MR) is 118 cm³/mol. The van der Waals surface area contributed by atoms with E-state index in [1.807, 2.05) is 0 Å². The largest absolute Gasteiger partial charge is 0.376 e. The lowest BCUT2D eigenvalue weighted by Crippen LogP contribution is -2.38. The molecule has 9 nitrogen and oxygen atoms in total. The fourth-order valence-corrected chi connectivity index (χ4v) is 4.32. The summed E-state index contributed by atoms with van der Waals surface area (Å²) in [6, 6.07) is 5.57. The second-order valence-electron chi connectivity index (χ2n) is 7.49. The van der Waals surface area contributed by atoms with Crippen LogP contribution in [0.15, 0.2) is 38.9 Å². The average molecular weight is 460 g/mol.